The number of alkyl halides is 1. The first-order chi connectivity index (χ1) is 9.13. The third kappa shape index (κ3) is 3.04. The number of hydrogen-bond donors (Lipinski definition) is 1. The van der Waals surface area contributed by atoms with E-state index in [1.165, 1.54) is 0 Å². The molecule has 1 unspecified atom stereocenters. The van der Waals surface area contributed by atoms with Gasteiger partial charge in [0.25, 0.3) is 0 Å². The quantitative estimate of drug-likeness (QED) is 0.606. The van der Waals surface area contributed by atoms with E-state index in [0.29, 0.717) is 17.3 Å². The lowest BCUT2D eigenvalue weighted by Crippen LogP contribution is -2.38. The third-order valence-corrected chi connectivity index (χ3v) is 3.51. The molecule has 100 valence electrons. The van der Waals surface area contributed by atoms with Gasteiger partial charge in [-0.1, -0.05) is 77.6 Å². The molecule has 1 aromatic rings. The standard InChI is InChI=1S/C16H17BrO2/c1-3-8-13(4-2)16(11-12-17,15(18)19)14-9-6-5-7-10-14/h3-10H,1-2,11-12H2,(H,18,19)/b13-8+. The highest BCUT2D eigenvalue weighted by Crippen LogP contribution is 2.37. The van der Waals surface area contributed by atoms with E-state index in [4.69, 9.17) is 0 Å². The fourth-order valence-corrected chi connectivity index (χ4v) is 2.78. The summed E-state index contributed by atoms with van der Waals surface area (Å²) < 4.78 is 0. The Morgan fingerprint density at radius 1 is 1.32 bits per heavy atom. The first kappa shape index (κ1) is 15.4. The summed E-state index contributed by atoms with van der Waals surface area (Å²) in [5, 5.41) is 10.4. The number of halogens is 1. The van der Waals surface area contributed by atoms with Crippen LogP contribution in [0.2, 0.25) is 0 Å². The molecule has 0 amide bonds. The molecule has 0 aliphatic heterocycles. The number of carbonyl (C=O) groups is 1. The maximum absolute atomic E-state index is 11.9. The third-order valence-electron chi connectivity index (χ3n) is 3.11. The van der Waals surface area contributed by atoms with Gasteiger partial charge in [-0.2, -0.15) is 0 Å². The SMILES string of the molecule is C=C/C=C(\C=C)C(CCBr)(C(=O)O)c1ccccc1. The van der Waals surface area contributed by atoms with Crippen LogP contribution >= 0.6 is 15.9 Å². The molecule has 3 heteroatoms. The van der Waals surface area contributed by atoms with Gasteiger partial charge in [-0.25, -0.2) is 0 Å². The normalized spacial score (nSPS) is 14.5. The zero-order chi connectivity index (χ0) is 14.3. The van der Waals surface area contributed by atoms with Crippen LogP contribution in [0.15, 0.2) is 67.3 Å². The molecule has 1 atom stereocenters. The number of rotatable bonds is 7. The Morgan fingerprint density at radius 2 is 1.95 bits per heavy atom. The van der Waals surface area contributed by atoms with Crippen molar-refractivity contribution in [2.45, 2.75) is 11.8 Å². The van der Waals surface area contributed by atoms with E-state index in [1.807, 2.05) is 30.3 Å². The molecule has 1 rings (SSSR count). The van der Waals surface area contributed by atoms with Gasteiger partial charge in [0.1, 0.15) is 5.41 Å². The minimum atomic E-state index is -1.10. The fraction of sp³-hybridized carbons (Fsp3) is 0.188. The van der Waals surface area contributed by atoms with Gasteiger partial charge < -0.3 is 5.11 Å². The van der Waals surface area contributed by atoms with E-state index in [-0.39, 0.29) is 0 Å². The second-order valence-corrected chi connectivity index (χ2v) is 4.87. The molecule has 0 saturated heterocycles. The summed E-state index contributed by atoms with van der Waals surface area (Å²) in [5.74, 6) is -0.883. The van der Waals surface area contributed by atoms with Crippen LogP contribution < -0.4 is 0 Å². The number of hydrogen-bond acceptors (Lipinski definition) is 1. The van der Waals surface area contributed by atoms with Crippen LogP contribution in [0.4, 0.5) is 0 Å². The van der Waals surface area contributed by atoms with Crippen LogP contribution in [0.1, 0.15) is 12.0 Å². The number of carboxylic acid groups (broad SMARTS) is 1. The largest absolute Gasteiger partial charge is 0.480 e. The molecule has 0 radical (unpaired) electrons. The van der Waals surface area contributed by atoms with Crippen LogP contribution in [0.3, 0.4) is 0 Å². The molecule has 1 aromatic carbocycles. The van der Waals surface area contributed by atoms with E-state index in [0.717, 1.165) is 5.56 Å². The lowest BCUT2D eigenvalue weighted by Gasteiger charge is -2.31. The number of benzene rings is 1. The second-order valence-electron chi connectivity index (χ2n) is 4.08. The Kier molecular flexibility index (Phi) is 5.77. The van der Waals surface area contributed by atoms with Gasteiger partial charge in [0.15, 0.2) is 0 Å². The van der Waals surface area contributed by atoms with E-state index in [9.17, 15) is 9.90 Å². The molecular weight excluding hydrogens is 304 g/mol. The molecule has 0 fully saturated rings. The summed E-state index contributed by atoms with van der Waals surface area (Å²) in [6, 6.07) is 9.22. The van der Waals surface area contributed by atoms with E-state index >= 15 is 0 Å². The Bertz CT molecular complexity index is 491. The van der Waals surface area contributed by atoms with Crippen molar-refractivity contribution in [1.29, 1.82) is 0 Å². The van der Waals surface area contributed by atoms with Crippen molar-refractivity contribution in [3.63, 3.8) is 0 Å². The Hall–Kier alpha value is -1.61. The van der Waals surface area contributed by atoms with Crippen molar-refractivity contribution in [2.24, 2.45) is 0 Å². The van der Waals surface area contributed by atoms with Crippen LogP contribution in [0, 0.1) is 0 Å². The Morgan fingerprint density at radius 3 is 2.37 bits per heavy atom. The number of carboxylic acids is 1. The molecular formula is C16H17BrO2. The monoisotopic (exact) mass is 320 g/mol. The van der Waals surface area contributed by atoms with Crippen LogP contribution in [-0.2, 0) is 10.2 Å². The molecule has 0 aliphatic rings. The zero-order valence-electron chi connectivity index (χ0n) is 10.7. The maximum atomic E-state index is 11.9. The molecule has 0 spiro atoms. The number of allylic oxidation sites excluding steroid dienone is 3. The highest BCUT2D eigenvalue weighted by atomic mass is 79.9. The average molecular weight is 321 g/mol. The highest BCUT2D eigenvalue weighted by molar-refractivity contribution is 9.09. The summed E-state index contributed by atoms with van der Waals surface area (Å²) in [6.07, 6.45) is 5.33. The molecule has 0 heterocycles. The van der Waals surface area contributed by atoms with Crippen molar-refractivity contribution in [3.8, 4) is 0 Å². The van der Waals surface area contributed by atoms with Crippen molar-refractivity contribution in [1.82, 2.24) is 0 Å². The van der Waals surface area contributed by atoms with Crippen molar-refractivity contribution in [3.05, 3.63) is 72.9 Å². The molecule has 0 bridgehead atoms. The molecule has 0 saturated carbocycles. The van der Waals surface area contributed by atoms with Gasteiger partial charge in [-0.15, -0.1) is 0 Å². The highest BCUT2D eigenvalue weighted by Gasteiger charge is 2.41. The van der Waals surface area contributed by atoms with Crippen LogP contribution in [-0.4, -0.2) is 16.4 Å². The fourth-order valence-electron chi connectivity index (χ4n) is 2.19. The van der Waals surface area contributed by atoms with Crippen molar-refractivity contribution in [2.75, 3.05) is 5.33 Å². The van der Waals surface area contributed by atoms with Crippen LogP contribution in [0.5, 0.6) is 0 Å². The van der Waals surface area contributed by atoms with Gasteiger partial charge in [0.2, 0.25) is 0 Å². The molecule has 2 nitrogen and oxygen atoms in total. The molecule has 1 N–H and O–H groups in total. The summed E-state index contributed by atoms with van der Waals surface area (Å²) >= 11 is 3.35. The lowest BCUT2D eigenvalue weighted by atomic mass is 9.71. The van der Waals surface area contributed by atoms with Gasteiger partial charge >= 0.3 is 5.97 Å². The van der Waals surface area contributed by atoms with E-state index < -0.39 is 11.4 Å². The number of aliphatic carboxylic acids is 1. The average Bonchev–Trinajstić information content (AvgIpc) is 2.43. The van der Waals surface area contributed by atoms with Crippen molar-refractivity contribution >= 4 is 21.9 Å². The first-order valence-corrected chi connectivity index (χ1v) is 7.06. The molecule has 0 aromatic heterocycles. The van der Waals surface area contributed by atoms with Crippen LogP contribution in [0.25, 0.3) is 0 Å². The van der Waals surface area contributed by atoms with Gasteiger partial charge in [-0.3, -0.25) is 4.79 Å². The van der Waals surface area contributed by atoms with Gasteiger partial charge in [0, 0.05) is 5.33 Å². The zero-order valence-corrected chi connectivity index (χ0v) is 12.3. The minimum Gasteiger partial charge on any atom is -0.480 e. The predicted molar refractivity (Wildman–Crippen MR) is 82.6 cm³/mol. The summed E-state index contributed by atoms with van der Waals surface area (Å²) in [7, 11) is 0. The van der Waals surface area contributed by atoms with Gasteiger partial charge in [-0.05, 0) is 17.6 Å². The van der Waals surface area contributed by atoms with Crippen molar-refractivity contribution < 1.29 is 9.90 Å². The Balaban J connectivity index is 3.55. The lowest BCUT2D eigenvalue weighted by molar-refractivity contribution is -0.142. The maximum Gasteiger partial charge on any atom is 0.318 e. The molecule has 0 aliphatic carbocycles. The minimum absolute atomic E-state index is 0.442. The second kappa shape index (κ2) is 7.10. The topological polar surface area (TPSA) is 37.3 Å². The summed E-state index contributed by atoms with van der Waals surface area (Å²) in [4.78, 5) is 11.9. The van der Waals surface area contributed by atoms with E-state index in [2.05, 4.69) is 29.1 Å². The predicted octanol–water partition coefficient (Wildman–Crippen LogP) is 4.09. The van der Waals surface area contributed by atoms with Gasteiger partial charge in [0.05, 0.1) is 0 Å². The Labute approximate surface area is 122 Å². The van der Waals surface area contributed by atoms with E-state index in [1.54, 1.807) is 18.2 Å². The summed E-state index contributed by atoms with van der Waals surface area (Å²) in [5.41, 5.74) is 0.288. The first-order valence-electron chi connectivity index (χ1n) is 5.94. The summed E-state index contributed by atoms with van der Waals surface area (Å²) in [6.45, 7) is 7.39. The smallest absolute Gasteiger partial charge is 0.318 e. The molecule has 19 heavy (non-hydrogen) atoms.